The van der Waals surface area contributed by atoms with Gasteiger partial charge < -0.3 is 10.6 Å². The first-order chi connectivity index (χ1) is 8.20. The van der Waals surface area contributed by atoms with Gasteiger partial charge in [0.2, 0.25) is 5.28 Å². The van der Waals surface area contributed by atoms with E-state index in [2.05, 4.69) is 26.7 Å². The third-order valence-corrected chi connectivity index (χ3v) is 3.16. The number of nitrogen functional groups attached to an aromatic ring is 1. The summed E-state index contributed by atoms with van der Waals surface area (Å²) in [5, 5.41) is 0.255. The zero-order valence-corrected chi connectivity index (χ0v) is 10.8. The predicted octanol–water partition coefficient (Wildman–Crippen LogP) is 1.24. The molecule has 1 aromatic rings. The Morgan fingerprint density at radius 2 is 2.06 bits per heavy atom. The Bertz CT molecular complexity index is 376. The summed E-state index contributed by atoms with van der Waals surface area (Å²) in [5.74, 6) is 0.765. The monoisotopic (exact) mass is 255 g/mol. The standard InChI is InChI=1S/C11H18ClN5/c1-2-3-16-4-6-17(7-5-16)10-9(13)8-14-11(12)15-10/h8H,2-7,13H2,1H3. The molecule has 2 N–H and O–H groups in total. The van der Waals surface area contributed by atoms with Crippen LogP contribution in [0.1, 0.15) is 13.3 Å². The van der Waals surface area contributed by atoms with Crippen molar-refractivity contribution in [1.82, 2.24) is 14.9 Å². The van der Waals surface area contributed by atoms with Gasteiger partial charge in [-0.05, 0) is 24.6 Å². The molecule has 5 nitrogen and oxygen atoms in total. The fourth-order valence-electron chi connectivity index (χ4n) is 2.11. The zero-order chi connectivity index (χ0) is 12.3. The summed E-state index contributed by atoms with van der Waals surface area (Å²) in [5.41, 5.74) is 6.47. The van der Waals surface area contributed by atoms with Crippen molar-refractivity contribution in [3.05, 3.63) is 11.5 Å². The molecule has 1 fully saturated rings. The maximum atomic E-state index is 5.87. The van der Waals surface area contributed by atoms with E-state index in [-0.39, 0.29) is 5.28 Å². The van der Waals surface area contributed by atoms with Crippen molar-refractivity contribution in [2.24, 2.45) is 0 Å². The summed E-state index contributed by atoms with van der Waals surface area (Å²) in [6.07, 6.45) is 2.77. The lowest BCUT2D eigenvalue weighted by molar-refractivity contribution is 0.258. The third kappa shape index (κ3) is 2.98. The lowest BCUT2D eigenvalue weighted by atomic mass is 10.3. The first-order valence-corrected chi connectivity index (χ1v) is 6.34. The topological polar surface area (TPSA) is 58.3 Å². The number of aromatic nitrogens is 2. The number of hydrogen-bond acceptors (Lipinski definition) is 5. The molecule has 1 aromatic heterocycles. The first-order valence-electron chi connectivity index (χ1n) is 5.96. The lowest BCUT2D eigenvalue weighted by Crippen LogP contribution is -2.47. The summed E-state index contributed by atoms with van der Waals surface area (Å²) >= 11 is 5.80. The minimum Gasteiger partial charge on any atom is -0.394 e. The maximum Gasteiger partial charge on any atom is 0.224 e. The Kier molecular flexibility index (Phi) is 4.02. The smallest absolute Gasteiger partial charge is 0.224 e. The Labute approximate surface area is 107 Å². The molecular formula is C11H18ClN5. The van der Waals surface area contributed by atoms with E-state index in [0.29, 0.717) is 5.69 Å². The molecule has 1 aliphatic heterocycles. The maximum absolute atomic E-state index is 5.87. The molecule has 2 rings (SSSR count). The highest BCUT2D eigenvalue weighted by Crippen LogP contribution is 2.22. The fourth-order valence-corrected chi connectivity index (χ4v) is 2.24. The summed E-state index contributed by atoms with van der Waals surface area (Å²) in [4.78, 5) is 12.7. The predicted molar refractivity (Wildman–Crippen MR) is 70.4 cm³/mol. The van der Waals surface area contributed by atoms with Crippen LogP contribution in [0.2, 0.25) is 5.28 Å². The SMILES string of the molecule is CCCN1CCN(c2nc(Cl)ncc2N)CC1. The van der Waals surface area contributed by atoms with Gasteiger partial charge in [-0.15, -0.1) is 0 Å². The van der Waals surface area contributed by atoms with E-state index in [4.69, 9.17) is 17.3 Å². The highest BCUT2D eigenvalue weighted by molar-refractivity contribution is 6.28. The molecule has 0 amide bonds. The molecule has 0 spiro atoms. The number of rotatable bonds is 3. The molecule has 1 aliphatic rings. The largest absolute Gasteiger partial charge is 0.394 e. The van der Waals surface area contributed by atoms with Gasteiger partial charge in [0.05, 0.1) is 11.9 Å². The van der Waals surface area contributed by atoms with Crippen LogP contribution in [0, 0.1) is 0 Å². The van der Waals surface area contributed by atoms with Crippen molar-refractivity contribution in [1.29, 1.82) is 0 Å². The third-order valence-electron chi connectivity index (χ3n) is 2.98. The Hall–Kier alpha value is -1.07. The summed E-state index contributed by atoms with van der Waals surface area (Å²) < 4.78 is 0. The fraction of sp³-hybridized carbons (Fsp3) is 0.636. The molecule has 0 aliphatic carbocycles. The van der Waals surface area contributed by atoms with Gasteiger partial charge in [0, 0.05) is 26.2 Å². The number of piperazine rings is 1. The number of nitrogens with zero attached hydrogens (tertiary/aromatic N) is 4. The van der Waals surface area contributed by atoms with Gasteiger partial charge in [0.25, 0.3) is 0 Å². The van der Waals surface area contributed by atoms with Crippen LogP contribution in [-0.4, -0.2) is 47.6 Å². The Morgan fingerprint density at radius 3 is 2.71 bits per heavy atom. The molecule has 1 saturated heterocycles. The van der Waals surface area contributed by atoms with Gasteiger partial charge in [-0.1, -0.05) is 6.92 Å². The van der Waals surface area contributed by atoms with E-state index >= 15 is 0 Å². The second-order valence-corrected chi connectivity index (χ2v) is 4.58. The van der Waals surface area contributed by atoms with E-state index in [0.717, 1.165) is 38.5 Å². The van der Waals surface area contributed by atoms with Crippen molar-refractivity contribution in [2.75, 3.05) is 43.4 Å². The van der Waals surface area contributed by atoms with Gasteiger partial charge in [-0.3, -0.25) is 4.90 Å². The Balaban J connectivity index is 2.02. The van der Waals surface area contributed by atoms with Gasteiger partial charge in [0.15, 0.2) is 5.82 Å². The lowest BCUT2D eigenvalue weighted by Gasteiger charge is -2.35. The second-order valence-electron chi connectivity index (χ2n) is 4.25. The molecule has 0 bridgehead atoms. The molecule has 0 unspecified atom stereocenters. The van der Waals surface area contributed by atoms with Crippen LogP contribution in [0.5, 0.6) is 0 Å². The quantitative estimate of drug-likeness (QED) is 0.824. The second kappa shape index (κ2) is 5.51. The van der Waals surface area contributed by atoms with Crippen LogP contribution >= 0.6 is 11.6 Å². The van der Waals surface area contributed by atoms with Crippen LogP contribution in [0.4, 0.5) is 11.5 Å². The van der Waals surface area contributed by atoms with Gasteiger partial charge in [-0.2, -0.15) is 4.98 Å². The van der Waals surface area contributed by atoms with Crippen LogP contribution in [0.25, 0.3) is 0 Å². The number of nitrogens with two attached hydrogens (primary N) is 1. The van der Waals surface area contributed by atoms with Crippen LogP contribution in [-0.2, 0) is 0 Å². The highest BCUT2D eigenvalue weighted by atomic mass is 35.5. The molecule has 17 heavy (non-hydrogen) atoms. The van der Waals surface area contributed by atoms with E-state index in [9.17, 15) is 0 Å². The van der Waals surface area contributed by atoms with E-state index < -0.39 is 0 Å². The van der Waals surface area contributed by atoms with Gasteiger partial charge in [0.1, 0.15) is 0 Å². The molecule has 2 heterocycles. The molecule has 0 aromatic carbocycles. The average Bonchev–Trinajstić information content (AvgIpc) is 2.34. The molecule has 94 valence electrons. The zero-order valence-electron chi connectivity index (χ0n) is 10.1. The van der Waals surface area contributed by atoms with Crippen molar-refractivity contribution >= 4 is 23.1 Å². The molecule has 6 heteroatoms. The normalized spacial score (nSPS) is 17.4. The minimum atomic E-state index is 0.255. The van der Waals surface area contributed by atoms with Gasteiger partial charge in [-0.25, -0.2) is 4.98 Å². The summed E-state index contributed by atoms with van der Waals surface area (Å²) in [6.45, 7) is 7.35. The summed E-state index contributed by atoms with van der Waals surface area (Å²) in [7, 11) is 0. The van der Waals surface area contributed by atoms with Crippen LogP contribution in [0.15, 0.2) is 6.20 Å². The first kappa shape index (κ1) is 12.4. The number of anilines is 2. The number of hydrogen-bond donors (Lipinski definition) is 1. The average molecular weight is 256 g/mol. The van der Waals surface area contributed by atoms with Crippen molar-refractivity contribution < 1.29 is 0 Å². The summed E-state index contributed by atoms with van der Waals surface area (Å²) in [6, 6.07) is 0. The van der Waals surface area contributed by atoms with E-state index in [1.165, 1.54) is 6.42 Å². The van der Waals surface area contributed by atoms with Crippen LogP contribution in [0.3, 0.4) is 0 Å². The molecule has 0 atom stereocenters. The molecule has 0 saturated carbocycles. The van der Waals surface area contributed by atoms with Crippen LogP contribution < -0.4 is 10.6 Å². The molecule has 0 radical (unpaired) electrons. The van der Waals surface area contributed by atoms with Crippen molar-refractivity contribution in [2.45, 2.75) is 13.3 Å². The van der Waals surface area contributed by atoms with Crippen molar-refractivity contribution in [3.63, 3.8) is 0 Å². The van der Waals surface area contributed by atoms with Crippen molar-refractivity contribution in [3.8, 4) is 0 Å². The van der Waals surface area contributed by atoms with Gasteiger partial charge >= 0.3 is 0 Å². The number of halogens is 1. The van der Waals surface area contributed by atoms with E-state index in [1.807, 2.05) is 0 Å². The minimum absolute atomic E-state index is 0.255. The Morgan fingerprint density at radius 1 is 1.35 bits per heavy atom. The molecular weight excluding hydrogens is 238 g/mol. The highest BCUT2D eigenvalue weighted by Gasteiger charge is 2.19. The van der Waals surface area contributed by atoms with E-state index in [1.54, 1.807) is 6.20 Å².